The Balaban J connectivity index is 0.00000144. The number of H-pyrrole nitrogens is 1. The molecule has 0 fully saturated rings. The van der Waals surface area contributed by atoms with E-state index in [1.54, 1.807) is 36.7 Å². The van der Waals surface area contributed by atoms with Crippen molar-refractivity contribution in [2.45, 2.75) is 4.21 Å². The molecule has 1 N–H and O–H groups in total. The lowest BCUT2D eigenvalue weighted by Crippen LogP contribution is -1.92. The van der Waals surface area contributed by atoms with Crippen molar-refractivity contribution in [2.75, 3.05) is 6.26 Å². The average Bonchev–Trinajstić information content (AvgIpc) is 3.46. The molecule has 0 bridgehead atoms. The lowest BCUT2D eigenvalue weighted by Gasteiger charge is -2.06. The molecule has 0 unspecified atom stereocenters. The highest BCUT2D eigenvalue weighted by Gasteiger charge is 2.16. The molecule has 32 heavy (non-hydrogen) atoms. The smallest absolute Gasteiger partial charge is 0.184 e. The van der Waals surface area contributed by atoms with Gasteiger partial charge in [-0.05, 0) is 48.5 Å². The Morgan fingerprint density at radius 1 is 0.969 bits per heavy atom. The largest absolute Gasteiger partial charge is 0.298 e. The number of halogens is 3. The fraction of sp³-hybridized carbons (Fsp3) is 0.0476. The molecular formula is C21H17Cl2FN4O2S2. The predicted molar refractivity (Wildman–Crippen MR) is 129 cm³/mol. The van der Waals surface area contributed by atoms with Crippen LogP contribution in [0.3, 0.4) is 0 Å². The molecule has 11 heteroatoms. The molecule has 5 rings (SSSR count). The van der Waals surface area contributed by atoms with Crippen LogP contribution in [0, 0.1) is 5.82 Å². The molecule has 0 saturated carbocycles. The van der Waals surface area contributed by atoms with Gasteiger partial charge in [-0.15, -0.1) is 36.2 Å². The molecule has 0 spiro atoms. The minimum Gasteiger partial charge on any atom is -0.298 e. The lowest BCUT2D eigenvalue weighted by atomic mass is 10.0. The van der Waals surface area contributed by atoms with Gasteiger partial charge in [-0.25, -0.2) is 17.8 Å². The second kappa shape index (κ2) is 9.03. The molecule has 0 saturated heterocycles. The monoisotopic (exact) mass is 510 g/mol. The molecule has 4 heterocycles. The summed E-state index contributed by atoms with van der Waals surface area (Å²) in [6.07, 6.45) is 6.59. The zero-order valence-corrected chi connectivity index (χ0v) is 19.8. The Labute approximate surface area is 199 Å². The number of hydrogen-bond acceptors (Lipinski definition) is 5. The van der Waals surface area contributed by atoms with Gasteiger partial charge in [0.15, 0.2) is 9.84 Å². The highest BCUT2D eigenvalue weighted by molar-refractivity contribution is 7.92. The highest BCUT2D eigenvalue weighted by atomic mass is 35.5. The molecule has 6 nitrogen and oxygen atoms in total. The maximum absolute atomic E-state index is 13.3. The van der Waals surface area contributed by atoms with Gasteiger partial charge in [-0.3, -0.25) is 9.50 Å². The fourth-order valence-corrected chi connectivity index (χ4v) is 5.26. The van der Waals surface area contributed by atoms with Gasteiger partial charge in [-0.1, -0.05) is 0 Å². The number of fused-ring (bicyclic) bond motifs is 1. The van der Waals surface area contributed by atoms with Crippen LogP contribution in [-0.4, -0.2) is 34.3 Å². The van der Waals surface area contributed by atoms with Gasteiger partial charge in [0.1, 0.15) is 15.7 Å². The van der Waals surface area contributed by atoms with Crippen LogP contribution >= 0.6 is 36.2 Å². The van der Waals surface area contributed by atoms with Crippen molar-refractivity contribution in [3.63, 3.8) is 0 Å². The van der Waals surface area contributed by atoms with Crippen LogP contribution in [0.25, 0.3) is 38.6 Å². The Bertz CT molecular complexity index is 1490. The molecule has 4 aromatic heterocycles. The van der Waals surface area contributed by atoms with Crippen LogP contribution in [0.4, 0.5) is 4.39 Å². The Morgan fingerprint density at radius 2 is 1.69 bits per heavy atom. The van der Waals surface area contributed by atoms with Gasteiger partial charge >= 0.3 is 0 Å². The third-order valence-corrected chi connectivity index (χ3v) is 7.72. The summed E-state index contributed by atoms with van der Waals surface area (Å²) < 4.78 is 39.2. The average molecular weight is 511 g/mol. The van der Waals surface area contributed by atoms with Gasteiger partial charge in [0.25, 0.3) is 0 Å². The van der Waals surface area contributed by atoms with E-state index in [2.05, 4.69) is 15.2 Å². The van der Waals surface area contributed by atoms with Gasteiger partial charge in [-0.2, -0.15) is 5.10 Å². The van der Waals surface area contributed by atoms with E-state index in [0.29, 0.717) is 4.21 Å². The standard InChI is InChI=1S/C21H15FN4O2S2.2ClH/c1-30(27,28)20-9-7-18(29-20)17-11-23-19-8-4-14(12-26(17)19)16-10-24-25-21(16)13-2-5-15(22)6-3-13;;/h2-12H,1H3,(H,24,25);2*1H. The number of aromatic nitrogens is 4. The zero-order chi connectivity index (χ0) is 20.9. The van der Waals surface area contributed by atoms with Gasteiger partial charge in [0.05, 0.1) is 28.7 Å². The number of imidazole rings is 1. The number of sulfone groups is 1. The summed E-state index contributed by atoms with van der Waals surface area (Å²) in [4.78, 5) is 5.25. The van der Waals surface area contributed by atoms with E-state index in [1.807, 2.05) is 22.7 Å². The van der Waals surface area contributed by atoms with E-state index in [1.165, 1.54) is 29.7 Å². The highest BCUT2D eigenvalue weighted by Crippen LogP contribution is 2.34. The number of nitrogens with zero attached hydrogens (tertiary/aromatic N) is 3. The SMILES string of the molecule is CS(=O)(=O)c1ccc(-c2cnc3ccc(-c4cn[nH]c4-c4ccc(F)cc4)cn23)s1.Cl.Cl. The number of rotatable bonds is 4. The summed E-state index contributed by atoms with van der Waals surface area (Å²) >= 11 is 1.21. The van der Waals surface area contributed by atoms with Gasteiger partial charge in [0, 0.05) is 29.1 Å². The van der Waals surface area contributed by atoms with E-state index in [0.717, 1.165) is 38.6 Å². The molecule has 166 valence electrons. The second-order valence-corrected chi connectivity index (χ2v) is 10.2. The summed E-state index contributed by atoms with van der Waals surface area (Å²) in [6.45, 7) is 0. The fourth-order valence-electron chi connectivity index (χ4n) is 3.32. The molecule has 0 aliphatic rings. The van der Waals surface area contributed by atoms with Crippen molar-refractivity contribution >= 4 is 51.6 Å². The number of aromatic amines is 1. The van der Waals surface area contributed by atoms with Gasteiger partial charge in [0.2, 0.25) is 0 Å². The summed E-state index contributed by atoms with van der Waals surface area (Å²) in [5, 5.41) is 7.15. The van der Waals surface area contributed by atoms with Crippen molar-refractivity contribution in [1.29, 1.82) is 0 Å². The topological polar surface area (TPSA) is 80.1 Å². The van der Waals surface area contributed by atoms with Crippen molar-refractivity contribution in [3.05, 3.63) is 72.9 Å². The molecular weight excluding hydrogens is 494 g/mol. The normalized spacial score (nSPS) is 11.2. The zero-order valence-electron chi connectivity index (χ0n) is 16.5. The number of pyridine rings is 1. The molecule has 0 atom stereocenters. The summed E-state index contributed by atoms with van der Waals surface area (Å²) in [5.41, 5.74) is 4.92. The van der Waals surface area contributed by atoms with E-state index in [4.69, 9.17) is 0 Å². The van der Waals surface area contributed by atoms with Crippen molar-refractivity contribution in [2.24, 2.45) is 0 Å². The molecule has 0 aliphatic heterocycles. The maximum Gasteiger partial charge on any atom is 0.184 e. The van der Waals surface area contributed by atoms with E-state index in [-0.39, 0.29) is 30.6 Å². The first-order valence-electron chi connectivity index (χ1n) is 8.97. The summed E-state index contributed by atoms with van der Waals surface area (Å²) in [7, 11) is -3.26. The van der Waals surface area contributed by atoms with E-state index in [9.17, 15) is 12.8 Å². The molecule has 1 aromatic carbocycles. The van der Waals surface area contributed by atoms with Crippen LogP contribution in [-0.2, 0) is 9.84 Å². The van der Waals surface area contributed by atoms with Crippen LogP contribution < -0.4 is 0 Å². The molecule has 0 aliphatic carbocycles. The number of thiophene rings is 1. The molecule has 5 aromatic rings. The van der Waals surface area contributed by atoms with Crippen LogP contribution in [0.1, 0.15) is 0 Å². The molecule has 0 amide bonds. The first-order valence-corrected chi connectivity index (χ1v) is 11.7. The van der Waals surface area contributed by atoms with Crippen LogP contribution in [0.15, 0.2) is 71.3 Å². The van der Waals surface area contributed by atoms with Crippen LogP contribution in [0.2, 0.25) is 0 Å². The minimum atomic E-state index is -3.26. The van der Waals surface area contributed by atoms with Crippen molar-refractivity contribution in [3.8, 4) is 33.0 Å². The lowest BCUT2D eigenvalue weighted by molar-refractivity contribution is 0.604. The summed E-state index contributed by atoms with van der Waals surface area (Å²) in [6, 6.07) is 13.5. The maximum atomic E-state index is 13.3. The molecule has 0 radical (unpaired) electrons. The van der Waals surface area contributed by atoms with Crippen molar-refractivity contribution < 1.29 is 12.8 Å². The third kappa shape index (κ3) is 4.29. The summed E-state index contributed by atoms with van der Waals surface area (Å²) in [5.74, 6) is -0.297. The second-order valence-electron chi connectivity index (χ2n) is 6.85. The quantitative estimate of drug-likeness (QED) is 0.345. The van der Waals surface area contributed by atoms with E-state index >= 15 is 0 Å². The first kappa shape index (κ1) is 23.9. The number of nitrogens with one attached hydrogen (secondary N) is 1. The first-order chi connectivity index (χ1) is 14.4. The Hall–Kier alpha value is -2.72. The number of hydrogen-bond donors (Lipinski definition) is 1. The third-order valence-electron chi connectivity index (χ3n) is 4.79. The van der Waals surface area contributed by atoms with Crippen LogP contribution in [0.5, 0.6) is 0 Å². The van der Waals surface area contributed by atoms with Crippen molar-refractivity contribution in [1.82, 2.24) is 19.6 Å². The Kier molecular flexibility index (Phi) is 6.75. The predicted octanol–water partition coefficient (Wildman–Crippen LogP) is 5.51. The number of benzene rings is 1. The van der Waals surface area contributed by atoms with Gasteiger partial charge < -0.3 is 0 Å². The minimum absolute atomic E-state index is 0. The van der Waals surface area contributed by atoms with E-state index < -0.39 is 9.84 Å². The Morgan fingerprint density at radius 3 is 2.38 bits per heavy atom.